The molecule has 7 heteroatoms. The van der Waals surface area contributed by atoms with Gasteiger partial charge in [0.2, 0.25) is 0 Å². The number of nitrogens with zero attached hydrogens (tertiary/aromatic N) is 2. The molecule has 1 aromatic carbocycles. The quantitative estimate of drug-likeness (QED) is 0.352. The minimum absolute atomic E-state index is 0. The van der Waals surface area contributed by atoms with Crippen molar-refractivity contribution < 1.29 is 8.95 Å². The Kier molecular flexibility index (Phi) is 12.1. The number of likely N-dealkylation sites (N-methyl/N-ethyl adjacent to an activating group) is 1. The summed E-state index contributed by atoms with van der Waals surface area (Å²) in [6.07, 6.45) is 0. The van der Waals surface area contributed by atoms with Gasteiger partial charge in [-0.2, -0.15) is 0 Å². The molecule has 25 heavy (non-hydrogen) atoms. The number of benzene rings is 1. The number of hydrogen-bond donors (Lipinski definition) is 1. The predicted octanol–water partition coefficient (Wildman–Crippen LogP) is 3.13. The maximum Gasteiger partial charge on any atom is 0.193 e. The molecule has 0 fully saturated rings. The molecular formula is C18H32IN3O2S. The van der Waals surface area contributed by atoms with Crippen LogP contribution in [0, 0.1) is 0 Å². The van der Waals surface area contributed by atoms with E-state index in [9.17, 15) is 4.21 Å². The molecule has 1 atom stereocenters. The van der Waals surface area contributed by atoms with E-state index >= 15 is 0 Å². The van der Waals surface area contributed by atoms with Gasteiger partial charge in [-0.3, -0.25) is 9.20 Å². The number of aliphatic imine (C=N–C) groups is 1. The maximum atomic E-state index is 12.1. The number of halogens is 1. The van der Waals surface area contributed by atoms with E-state index in [1.807, 2.05) is 70.0 Å². The van der Waals surface area contributed by atoms with Crippen LogP contribution in [-0.2, 0) is 10.8 Å². The molecular weight excluding hydrogens is 449 g/mol. The number of ether oxygens (including phenoxy) is 1. The topological polar surface area (TPSA) is 53.9 Å². The van der Waals surface area contributed by atoms with Gasteiger partial charge >= 0.3 is 0 Å². The molecule has 5 nitrogen and oxygen atoms in total. The number of rotatable bonds is 8. The van der Waals surface area contributed by atoms with E-state index in [-0.39, 0.29) is 28.7 Å². The van der Waals surface area contributed by atoms with Crippen LogP contribution in [0.15, 0.2) is 35.3 Å². The normalized spacial score (nSPS) is 12.9. The van der Waals surface area contributed by atoms with Gasteiger partial charge in [0.25, 0.3) is 0 Å². The van der Waals surface area contributed by atoms with Crippen molar-refractivity contribution in [1.82, 2.24) is 10.2 Å². The first-order chi connectivity index (χ1) is 11.3. The molecule has 0 aliphatic rings. The highest BCUT2D eigenvalue weighted by Gasteiger charge is 2.18. The van der Waals surface area contributed by atoms with Crippen LogP contribution in [0.25, 0.3) is 0 Å². The lowest BCUT2D eigenvalue weighted by atomic mass is 10.3. The van der Waals surface area contributed by atoms with Gasteiger partial charge in [0, 0.05) is 34.9 Å². The van der Waals surface area contributed by atoms with E-state index in [2.05, 4.69) is 10.3 Å². The minimum Gasteiger partial charge on any atom is -0.492 e. The number of para-hydroxylation sites is 1. The smallest absolute Gasteiger partial charge is 0.193 e. The fourth-order valence-electron chi connectivity index (χ4n) is 1.93. The summed E-state index contributed by atoms with van der Waals surface area (Å²) in [6.45, 7) is 10.7. The Balaban J connectivity index is 0.00000576. The molecule has 0 radical (unpaired) electrons. The van der Waals surface area contributed by atoms with Crippen LogP contribution in [0.3, 0.4) is 0 Å². The second kappa shape index (κ2) is 12.5. The van der Waals surface area contributed by atoms with Crippen LogP contribution in [0.5, 0.6) is 5.75 Å². The lowest BCUT2D eigenvalue weighted by Crippen LogP contribution is -2.41. The average molecular weight is 481 g/mol. The van der Waals surface area contributed by atoms with Crippen molar-refractivity contribution in [1.29, 1.82) is 0 Å². The third kappa shape index (κ3) is 10.0. The van der Waals surface area contributed by atoms with E-state index in [0.29, 0.717) is 18.9 Å². The van der Waals surface area contributed by atoms with Crippen molar-refractivity contribution in [3.63, 3.8) is 0 Å². The highest BCUT2D eigenvalue weighted by atomic mass is 127. The van der Waals surface area contributed by atoms with Gasteiger partial charge in [0.15, 0.2) is 5.96 Å². The van der Waals surface area contributed by atoms with Crippen LogP contribution in [0.4, 0.5) is 0 Å². The third-order valence-electron chi connectivity index (χ3n) is 3.36. The van der Waals surface area contributed by atoms with Crippen LogP contribution in [-0.4, -0.2) is 58.9 Å². The Bertz CT molecular complexity index is 533. The first-order valence-corrected chi connectivity index (χ1v) is 9.72. The lowest BCUT2D eigenvalue weighted by Gasteiger charge is -2.22. The summed E-state index contributed by atoms with van der Waals surface area (Å²) in [6, 6.07) is 9.78. The predicted molar refractivity (Wildman–Crippen MR) is 119 cm³/mol. The third-order valence-corrected chi connectivity index (χ3v) is 5.28. The average Bonchev–Trinajstić information content (AvgIpc) is 2.54. The fraction of sp³-hybridized carbons (Fsp3) is 0.611. The molecule has 1 unspecified atom stereocenters. The zero-order chi connectivity index (χ0) is 18.0. The fourth-order valence-corrected chi connectivity index (χ4v) is 2.80. The second-order valence-electron chi connectivity index (χ2n) is 6.48. The number of guanidine groups is 1. The van der Waals surface area contributed by atoms with Crippen LogP contribution in [0.2, 0.25) is 0 Å². The summed E-state index contributed by atoms with van der Waals surface area (Å²) in [5, 5.41) is 3.26. The van der Waals surface area contributed by atoms with Gasteiger partial charge in [-0.15, -0.1) is 24.0 Å². The van der Waals surface area contributed by atoms with E-state index < -0.39 is 10.8 Å². The molecule has 0 saturated carbocycles. The largest absolute Gasteiger partial charge is 0.492 e. The highest BCUT2D eigenvalue weighted by molar-refractivity contribution is 14.0. The number of nitrogens with one attached hydrogen (secondary N) is 1. The van der Waals surface area contributed by atoms with Crippen molar-refractivity contribution in [3.05, 3.63) is 30.3 Å². The second-order valence-corrected chi connectivity index (χ2v) is 8.80. The summed E-state index contributed by atoms with van der Waals surface area (Å²) in [5.74, 6) is 2.26. The molecule has 0 bridgehead atoms. The summed E-state index contributed by atoms with van der Waals surface area (Å²) in [4.78, 5) is 6.61. The summed E-state index contributed by atoms with van der Waals surface area (Å²) < 4.78 is 17.6. The van der Waals surface area contributed by atoms with Crippen molar-refractivity contribution in [2.24, 2.45) is 4.99 Å². The molecule has 144 valence electrons. The van der Waals surface area contributed by atoms with Crippen molar-refractivity contribution in [3.8, 4) is 5.75 Å². The first kappa shape index (κ1) is 24.2. The molecule has 0 amide bonds. The van der Waals surface area contributed by atoms with E-state index in [1.54, 1.807) is 0 Å². The Morgan fingerprint density at radius 3 is 2.48 bits per heavy atom. The molecule has 1 aromatic rings. The Labute approximate surface area is 172 Å². The van der Waals surface area contributed by atoms with E-state index in [1.165, 1.54) is 0 Å². The molecule has 1 N–H and O–H groups in total. The molecule has 0 aliphatic heterocycles. The Hall–Kier alpha value is -0.830. The highest BCUT2D eigenvalue weighted by Crippen LogP contribution is 2.11. The zero-order valence-corrected chi connectivity index (χ0v) is 19.1. The SMILES string of the molecule is CCNC(=NCCS(=O)C(C)(C)C)N(C)CCOc1ccccc1.I. The summed E-state index contributed by atoms with van der Waals surface area (Å²) >= 11 is 0. The first-order valence-electron chi connectivity index (χ1n) is 8.40. The van der Waals surface area contributed by atoms with Crippen molar-refractivity contribution in [2.75, 3.05) is 39.0 Å². The van der Waals surface area contributed by atoms with E-state index in [0.717, 1.165) is 24.8 Å². The molecule has 0 spiro atoms. The van der Waals surface area contributed by atoms with Crippen molar-refractivity contribution in [2.45, 2.75) is 32.4 Å². The number of hydrogen-bond acceptors (Lipinski definition) is 3. The molecule has 1 rings (SSSR count). The van der Waals surface area contributed by atoms with Crippen LogP contribution < -0.4 is 10.1 Å². The van der Waals surface area contributed by atoms with Crippen LogP contribution >= 0.6 is 24.0 Å². The van der Waals surface area contributed by atoms with Crippen molar-refractivity contribution >= 4 is 40.7 Å². The van der Waals surface area contributed by atoms with E-state index in [4.69, 9.17) is 4.74 Å². The molecule has 0 aromatic heterocycles. The standard InChI is InChI=1S/C18H31N3O2S.HI/c1-6-19-17(20-12-15-24(22)18(2,3)4)21(5)13-14-23-16-10-8-7-9-11-16;/h7-11H,6,12-15H2,1-5H3,(H,19,20);1H. The summed E-state index contributed by atoms with van der Waals surface area (Å²) in [7, 11) is 1.10. The van der Waals surface area contributed by atoms with Gasteiger partial charge in [-0.05, 0) is 39.8 Å². The van der Waals surface area contributed by atoms with Gasteiger partial charge in [0.05, 0.1) is 13.1 Å². The molecule has 0 heterocycles. The van der Waals surface area contributed by atoms with Gasteiger partial charge < -0.3 is 15.0 Å². The monoisotopic (exact) mass is 481 g/mol. The maximum absolute atomic E-state index is 12.1. The van der Waals surface area contributed by atoms with Gasteiger partial charge in [-0.1, -0.05) is 18.2 Å². The lowest BCUT2D eigenvalue weighted by molar-refractivity contribution is 0.281. The zero-order valence-electron chi connectivity index (χ0n) is 15.9. The summed E-state index contributed by atoms with van der Waals surface area (Å²) in [5.41, 5.74) is 0. The van der Waals surface area contributed by atoms with Crippen LogP contribution in [0.1, 0.15) is 27.7 Å². The van der Waals surface area contributed by atoms with Gasteiger partial charge in [0.1, 0.15) is 12.4 Å². The molecule has 0 aliphatic carbocycles. The Morgan fingerprint density at radius 1 is 1.28 bits per heavy atom. The van der Waals surface area contributed by atoms with Gasteiger partial charge in [-0.25, -0.2) is 0 Å². The Morgan fingerprint density at radius 2 is 1.92 bits per heavy atom. The minimum atomic E-state index is -0.879. The molecule has 0 saturated heterocycles.